The smallest absolute Gasteiger partial charge is 0.325 e. The van der Waals surface area contributed by atoms with Gasteiger partial charge in [-0.05, 0) is 79.8 Å². The van der Waals surface area contributed by atoms with Gasteiger partial charge in [-0.25, -0.2) is 9.36 Å². The third kappa shape index (κ3) is 4.18. The summed E-state index contributed by atoms with van der Waals surface area (Å²) in [6, 6.07) is 13.8. The molecule has 33 heavy (non-hydrogen) atoms. The molecule has 1 aliphatic rings. The van der Waals surface area contributed by atoms with Crippen LogP contribution in [0.3, 0.4) is 0 Å². The van der Waals surface area contributed by atoms with E-state index in [0.29, 0.717) is 26.6 Å². The van der Waals surface area contributed by atoms with Crippen molar-refractivity contribution >= 4 is 60.7 Å². The number of rotatable bonds is 4. The van der Waals surface area contributed by atoms with Gasteiger partial charge in [-0.15, -0.1) is 11.3 Å². The lowest BCUT2D eigenvalue weighted by Gasteiger charge is -2.13. The van der Waals surface area contributed by atoms with Crippen LogP contribution in [0.4, 0.5) is 5.69 Å². The second-order valence-corrected chi connectivity index (χ2v) is 10.4. The molecule has 9 heteroatoms. The van der Waals surface area contributed by atoms with Crippen molar-refractivity contribution in [2.45, 2.75) is 32.2 Å². The minimum Gasteiger partial charge on any atom is -0.325 e. The summed E-state index contributed by atoms with van der Waals surface area (Å²) < 4.78 is 3.47. The molecule has 0 spiro atoms. The molecule has 2 aromatic heterocycles. The van der Waals surface area contributed by atoms with Gasteiger partial charge in [-0.3, -0.25) is 14.2 Å². The third-order valence-corrected chi connectivity index (χ3v) is 7.85. The molecule has 0 fully saturated rings. The summed E-state index contributed by atoms with van der Waals surface area (Å²) in [5, 5.41) is 3.88. The standard InChI is InChI=1S/C24H19BrClN3O3S/c25-14-5-9-16(10-6-14)27-20(30)13-28-23-21(18-3-1-2-4-19(18)33-23)22(31)29(24(28)32)17-11-7-15(26)8-12-17/h5-12H,1-4,13H2,(H,27,30). The summed E-state index contributed by atoms with van der Waals surface area (Å²) in [7, 11) is 0. The average Bonchev–Trinajstić information content (AvgIpc) is 3.19. The highest BCUT2D eigenvalue weighted by molar-refractivity contribution is 9.10. The lowest BCUT2D eigenvalue weighted by molar-refractivity contribution is -0.116. The zero-order valence-electron chi connectivity index (χ0n) is 17.4. The highest BCUT2D eigenvalue weighted by Gasteiger charge is 2.25. The fraction of sp³-hybridized carbons (Fsp3) is 0.208. The van der Waals surface area contributed by atoms with Crippen molar-refractivity contribution in [1.82, 2.24) is 9.13 Å². The van der Waals surface area contributed by atoms with Gasteiger partial charge in [0.15, 0.2) is 0 Å². The number of nitrogens with one attached hydrogen (secondary N) is 1. The summed E-state index contributed by atoms with van der Waals surface area (Å²) in [5.74, 6) is -0.339. The minimum atomic E-state index is -0.542. The van der Waals surface area contributed by atoms with Gasteiger partial charge in [0, 0.05) is 20.1 Å². The summed E-state index contributed by atoms with van der Waals surface area (Å²) in [4.78, 5) is 41.7. The van der Waals surface area contributed by atoms with Crippen LogP contribution in [-0.4, -0.2) is 15.0 Å². The largest absolute Gasteiger partial charge is 0.337 e. The number of aryl methyl sites for hydroxylation is 2. The molecule has 0 bridgehead atoms. The number of carbonyl (C=O) groups excluding carboxylic acids is 1. The van der Waals surface area contributed by atoms with Gasteiger partial charge < -0.3 is 5.32 Å². The second kappa shape index (κ2) is 8.93. The fourth-order valence-electron chi connectivity index (χ4n) is 4.20. The summed E-state index contributed by atoms with van der Waals surface area (Å²) >= 11 is 10.8. The molecule has 5 rings (SSSR count). The maximum atomic E-state index is 13.5. The van der Waals surface area contributed by atoms with Gasteiger partial charge in [0.05, 0.1) is 11.1 Å². The first-order chi connectivity index (χ1) is 15.9. The molecule has 0 saturated carbocycles. The van der Waals surface area contributed by atoms with Crippen LogP contribution in [0.5, 0.6) is 0 Å². The normalized spacial score (nSPS) is 13.2. The van der Waals surface area contributed by atoms with E-state index in [2.05, 4.69) is 21.2 Å². The fourth-order valence-corrected chi connectivity index (χ4v) is 5.97. The van der Waals surface area contributed by atoms with E-state index in [-0.39, 0.29) is 18.0 Å². The van der Waals surface area contributed by atoms with Crippen molar-refractivity contribution in [2.24, 2.45) is 0 Å². The quantitative estimate of drug-likeness (QED) is 0.386. The molecule has 0 radical (unpaired) electrons. The van der Waals surface area contributed by atoms with E-state index in [9.17, 15) is 14.4 Å². The van der Waals surface area contributed by atoms with Crippen LogP contribution in [0.1, 0.15) is 23.3 Å². The number of carbonyl (C=O) groups is 1. The third-order valence-electron chi connectivity index (χ3n) is 5.75. The van der Waals surface area contributed by atoms with Crippen molar-refractivity contribution in [3.8, 4) is 5.69 Å². The van der Waals surface area contributed by atoms with E-state index in [1.54, 1.807) is 36.4 Å². The van der Waals surface area contributed by atoms with Gasteiger partial charge in [0.2, 0.25) is 5.91 Å². The first-order valence-electron chi connectivity index (χ1n) is 10.5. The molecular weight excluding hydrogens is 526 g/mol. The lowest BCUT2D eigenvalue weighted by atomic mass is 9.97. The molecule has 1 amide bonds. The molecule has 0 saturated heterocycles. The Balaban J connectivity index is 1.66. The Morgan fingerprint density at radius 1 is 1.03 bits per heavy atom. The maximum Gasteiger partial charge on any atom is 0.337 e. The molecule has 1 aliphatic carbocycles. The number of nitrogens with zero attached hydrogens (tertiary/aromatic N) is 2. The van der Waals surface area contributed by atoms with E-state index in [4.69, 9.17) is 11.6 Å². The lowest BCUT2D eigenvalue weighted by Crippen LogP contribution is -2.40. The van der Waals surface area contributed by atoms with Gasteiger partial charge in [-0.1, -0.05) is 27.5 Å². The van der Waals surface area contributed by atoms with Crippen molar-refractivity contribution < 1.29 is 4.79 Å². The Morgan fingerprint density at radius 2 is 1.73 bits per heavy atom. The number of amides is 1. The van der Waals surface area contributed by atoms with E-state index in [1.807, 2.05) is 12.1 Å². The predicted molar refractivity (Wildman–Crippen MR) is 136 cm³/mol. The van der Waals surface area contributed by atoms with Crippen molar-refractivity contribution in [2.75, 3.05) is 5.32 Å². The Bertz CT molecular complexity index is 1490. The van der Waals surface area contributed by atoms with Gasteiger partial charge in [0.25, 0.3) is 5.56 Å². The molecule has 0 aliphatic heterocycles. The van der Waals surface area contributed by atoms with Crippen molar-refractivity contribution in [1.29, 1.82) is 0 Å². The number of aromatic nitrogens is 2. The number of anilines is 1. The van der Waals surface area contributed by atoms with E-state index >= 15 is 0 Å². The summed E-state index contributed by atoms with van der Waals surface area (Å²) in [6.07, 6.45) is 3.74. The van der Waals surface area contributed by atoms with Crippen LogP contribution in [0, 0.1) is 0 Å². The van der Waals surface area contributed by atoms with Gasteiger partial charge in [0.1, 0.15) is 11.4 Å². The van der Waals surface area contributed by atoms with Crippen LogP contribution in [0.15, 0.2) is 62.6 Å². The monoisotopic (exact) mass is 543 g/mol. The summed E-state index contributed by atoms with van der Waals surface area (Å²) in [6.45, 7) is -0.196. The Morgan fingerprint density at radius 3 is 2.45 bits per heavy atom. The predicted octanol–water partition coefficient (Wildman–Crippen LogP) is 5.15. The van der Waals surface area contributed by atoms with Crippen LogP contribution in [0.25, 0.3) is 15.9 Å². The SMILES string of the molecule is O=C(Cn1c(=O)n(-c2ccc(Cl)cc2)c(=O)c2c3c(sc21)CCCC3)Nc1ccc(Br)cc1. The van der Waals surface area contributed by atoms with E-state index in [0.717, 1.165) is 45.2 Å². The highest BCUT2D eigenvalue weighted by Crippen LogP contribution is 2.34. The zero-order chi connectivity index (χ0) is 23.1. The van der Waals surface area contributed by atoms with Crippen molar-refractivity contribution in [3.05, 3.63) is 89.3 Å². The Hall–Kier alpha value is -2.68. The molecule has 0 unspecified atom stereocenters. The van der Waals surface area contributed by atoms with Crippen LogP contribution >= 0.6 is 38.9 Å². The Labute approximate surface area is 206 Å². The number of halogens is 2. The maximum absolute atomic E-state index is 13.5. The van der Waals surface area contributed by atoms with Crippen LogP contribution < -0.4 is 16.6 Å². The molecule has 0 atom stereocenters. The molecule has 2 heterocycles. The van der Waals surface area contributed by atoms with E-state index in [1.165, 1.54) is 15.9 Å². The molecule has 6 nitrogen and oxygen atoms in total. The molecule has 1 N–H and O–H groups in total. The van der Waals surface area contributed by atoms with Crippen LogP contribution in [-0.2, 0) is 24.2 Å². The average molecular weight is 545 g/mol. The van der Waals surface area contributed by atoms with Gasteiger partial charge in [-0.2, -0.15) is 0 Å². The van der Waals surface area contributed by atoms with Gasteiger partial charge >= 0.3 is 5.69 Å². The van der Waals surface area contributed by atoms with Crippen LogP contribution in [0.2, 0.25) is 5.02 Å². The van der Waals surface area contributed by atoms with E-state index < -0.39 is 5.69 Å². The minimum absolute atomic E-state index is 0.196. The molecular formula is C24H19BrClN3O3S. The van der Waals surface area contributed by atoms with Crippen molar-refractivity contribution in [3.63, 3.8) is 0 Å². The highest BCUT2D eigenvalue weighted by atomic mass is 79.9. The molecule has 168 valence electrons. The molecule has 2 aromatic carbocycles. The Kier molecular flexibility index (Phi) is 5.99. The molecule has 4 aromatic rings. The number of benzene rings is 2. The zero-order valence-corrected chi connectivity index (χ0v) is 20.6. The number of hydrogen-bond donors (Lipinski definition) is 1. The number of thiophene rings is 1. The first kappa shape index (κ1) is 22.1. The second-order valence-electron chi connectivity index (χ2n) is 7.93. The number of hydrogen-bond acceptors (Lipinski definition) is 4. The first-order valence-corrected chi connectivity index (χ1v) is 12.5. The summed E-state index contributed by atoms with van der Waals surface area (Å²) in [5.41, 5.74) is 1.18. The number of fused-ring (bicyclic) bond motifs is 3. The topological polar surface area (TPSA) is 73.1 Å².